The highest BCUT2D eigenvalue weighted by molar-refractivity contribution is 6.39. The van der Waals surface area contributed by atoms with Crippen molar-refractivity contribution in [2.24, 2.45) is 15.9 Å². The van der Waals surface area contributed by atoms with Crippen molar-refractivity contribution in [1.29, 1.82) is 0 Å². The predicted molar refractivity (Wildman–Crippen MR) is 169 cm³/mol. The first-order chi connectivity index (χ1) is 19.9. The van der Waals surface area contributed by atoms with Gasteiger partial charge in [0.15, 0.2) is 5.78 Å². The Morgan fingerprint density at radius 3 is 2.36 bits per heavy atom. The minimum atomic E-state index is -0.942. The molecule has 2 atom stereocenters. The lowest BCUT2D eigenvalue weighted by Gasteiger charge is -2.18. The van der Waals surface area contributed by atoms with Gasteiger partial charge in [-0.25, -0.2) is 4.79 Å². The average Bonchev–Trinajstić information content (AvgIpc) is 3.22. The maximum absolute atomic E-state index is 13.5. The van der Waals surface area contributed by atoms with Crippen LogP contribution in [0.3, 0.4) is 0 Å². The van der Waals surface area contributed by atoms with E-state index in [1.54, 1.807) is 44.5 Å². The maximum atomic E-state index is 13.5. The molecule has 1 N–H and O–H groups in total. The number of nitrogens with one attached hydrogen (secondary N) is 1. The van der Waals surface area contributed by atoms with Crippen molar-refractivity contribution in [3.63, 3.8) is 0 Å². The summed E-state index contributed by atoms with van der Waals surface area (Å²) in [7, 11) is 2.90. The summed E-state index contributed by atoms with van der Waals surface area (Å²) < 4.78 is 15.5. The first kappa shape index (κ1) is 36.0. The van der Waals surface area contributed by atoms with Crippen LogP contribution < -0.4 is 5.32 Å². The third-order valence-corrected chi connectivity index (χ3v) is 6.46. The Morgan fingerprint density at radius 1 is 1.21 bits per heavy atom. The van der Waals surface area contributed by atoms with Gasteiger partial charge in [-0.2, -0.15) is 0 Å². The lowest BCUT2D eigenvalue weighted by Crippen LogP contribution is -2.28. The number of allylic oxidation sites excluding steroid dienone is 7. The van der Waals surface area contributed by atoms with E-state index in [0.29, 0.717) is 29.2 Å². The minimum absolute atomic E-state index is 0.0684. The van der Waals surface area contributed by atoms with Crippen molar-refractivity contribution in [3.8, 4) is 0 Å². The normalized spacial score (nSPS) is 16.3. The van der Waals surface area contributed by atoms with Crippen molar-refractivity contribution in [3.05, 3.63) is 75.2 Å². The summed E-state index contributed by atoms with van der Waals surface area (Å²) in [6.45, 7) is 14.9. The number of rotatable bonds is 11. The van der Waals surface area contributed by atoms with Gasteiger partial charge >= 0.3 is 6.16 Å². The second-order valence-electron chi connectivity index (χ2n) is 9.44. The molecule has 1 aliphatic carbocycles. The molecule has 0 fully saturated rings. The zero-order valence-corrected chi connectivity index (χ0v) is 26.5. The number of carbonyl (C=O) groups is 3. The molecular weight excluding hydrogens is 558 g/mol. The number of aryl methyl sites for hydroxylation is 3. The fourth-order valence-corrected chi connectivity index (χ4v) is 4.48. The number of benzene rings is 1. The zero-order chi connectivity index (χ0) is 31.8. The minimum Gasteiger partial charge on any atom is -0.458 e. The lowest BCUT2D eigenvalue weighted by molar-refractivity contribution is -0.119. The summed E-state index contributed by atoms with van der Waals surface area (Å²) in [5.74, 6) is -0.371. The molecule has 1 aromatic rings. The summed E-state index contributed by atoms with van der Waals surface area (Å²) in [5.41, 5.74) is 4.51. The van der Waals surface area contributed by atoms with Crippen LogP contribution in [-0.4, -0.2) is 57.8 Å². The van der Waals surface area contributed by atoms with E-state index in [4.69, 9.17) is 21.1 Å². The number of ether oxygens (including phenoxy) is 3. The summed E-state index contributed by atoms with van der Waals surface area (Å²) in [5, 5.41) is 3.47. The van der Waals surface area contributed by atoms with Gasteiger partial charge in [0.1, 0.15) is 11.5 Å². The number of Topliss-reactive ketones (excluding diaryl/α,β-unsaturated/α-hetero) is 1. The molecule has 0 saturated heterocycles. The van der Waals surface area contributed by atoms with Gasteiger partial charge in [-0.05, 0) is 70.5 Å². The van der Waals surface area contributed by atoms with Gasteiger partial charge < -0.3 is 19.5 Å². The second-order valence-corrected chi connectivity index (χ2v) is 9.87. The molecule has 1 aliphatic rings. The van der Waals surface area contributed by atoms with Gasteiger partial charge in [0.25, 0.3) is 5.91 Å². The van der Waals surface area contributed by atoms with Crippen LogP contribution in [-0.2, 0) is 23.8 Å². The van der Waals surface area contributed by atoms with Crippen LogP contribution in [0.15, 0.2) is 62.9 Å². The summed E-state index contributed by atoms with van der Waals surface area (Å²) >= 11 is 5.48. The molecule has 42 heavy (non-hydrogen) atoms. The Balaban J connectivity index is 0.00000112. The van der Waals surface area contributed by atoms with Crippen LogP contribution in [0.2, 0.25) is 0 Å². The van der Waals surface area contributed by atoms with E-state index in [9.17, 15) is 14.4 Å². The van der Waals surface area contributed by atoms with Crippen molar-refractivity contribution in [2.45, 2.75) is 60.7 Å². The summed E-state index contributed by atoms with van der Waals surface area (Å²) in [6, 6.07) is 4.03. The fourth-order valence-electron chi connectivity index (χ4n) is 4.38. The van der Waals surface area contributed by atoms with Gasteiger partial charge in [0.05, 0.1) is 17.7 Å². The van der Waals surface area contributed by atoms with Crippen LogP contribution in [0.25, 0.3) is 5.57 Å². The summed E-state index contributed by atoms with van der Waals surface area (Å²) in [6.07, 6.45) is 7.36. The molecule has 0 bridgehead atoms. The second kappa shape index (κ2) is 18.5. The molecule has 0 aromatic heterocycles. The number of hydrogen-bond acceptors (Lipinski definition) is 8. The Kier molecular flexibility index (Phi) is 15.8. The predicted octanol–water partition coefficient (Wildman–Crippen LogP) is 6.55. The Bertz CT molecular complexity index is 1270. The van der Waals surface area contributed by atoms with E-state index >= 15 is 0 Å². The van der Waals surface area contributed by atoms with Gasteiger partial charge in [-0.15, -0.1) is 0 Å². The Labute approximate surface area is 254 Å². The van der Waals surface area contributed by atoms with Crippen molar-refractivity contribution >= 4 is 48.0 Å². The topological polar surface area (TPSA) is 116 Å². The average molecular weight is 600 g/mol. The molecule has 0 heterocycles. The number of nitrogens with zero attached hydrogens (tertiary/aromatic N) is 2. The molecule has 1 amide bonds. The molecule has 228 valence electrons. The third kappa shape index (κ3) is 11.1. The Morgan fingerprint density at radius 2 is 1.86 bits per heavy atom. The van der Waals surface area contributed by atoms with Crippen LogP contribution in [0.4, 0.5) is 4.79 Å². The smallest absolute Gasteiger partial charge is 0.458 e. The van der Waals surface area contributed by atoms with Gasteiger partial charge in [-0.3, -0.25) is 19.6 Å². The zero-order valence-electron chi connectivity index (χ0n) is 25.7. The number of ketones is 1. The largest absolute Gasteiger partial charge is 0.511 e. The molecule has 0 radical (unpaired) electrons. The summed E-state index contributed by atoms with van der Waals surface area (Å²) in [4.78, 5) is 44.8. The lowest BCUT2D eigenvalue weighted by atomic mass is 9.90. The van der Waals surface area contributed by atoms with E-state index in [1.807, 2.05) is 46.8 Å². The van der Waals surface area contributed by atoms with E-state index < -0.39 is 18.4 Å². The van der Waals surface area contributed by atoms with Gasteiger partial charge in [0.2, 0.25) is 6.29 Å². The fraction of sp³-hybridized carbons (Fsp3) is 0.406. The van der Waals surface area contributed by atoms with Crippen molar-refractivity contribution in [1.82, 2.24) is 5.32 Å². The standard InChI is InChI=1S/C27H34N2O6.C5H8ClN/c1-8-9-10-21(28-6)26(31)29-12-11-20-15-22(34-19(5)35-27(32)33-7)24(25(20)30)23-17(3)13-16(2)14-18(23)4;1-3-5(6)4-7-2/h8-10,13-14,19-20H,6,11-12,15H2,1-5,7H3,(H,29,31);3-4H,1-2H3/b9-8-,21-10-;5-3+,7-4?. The van der Waals surface area contributed by atoms with Crippen LogP contribution in [0.5, 0.6) is 0 Å². The van der Waals surface area contributed by atoms with Crippen molar-refractivity contribution < 1.29 is 28.6 Å². The molecule has 1 aromatic carbocycles. The number of halogens is 1. The number of methoxy groups -OCH3 is 1. The number of amides is 1. The number of hydrogen-bond donors (Lipinski definition) is 1. The quantitative estimate of drug-likeness (QED) is 0.101. The first-order valence-electron chi connectivity index (χ1n) is 13.5. The molecule has 10 heteroatoms. The van der Waals surface area contributed by atoms with E-state index in [-0.39, 0.29) is 23.9 Å². The monoisotopic (exact) mass is 599 g/mol. The highest BCUT2D eigenvalue weighted by Crippen LogP contribution is 2.40. The van der Waals surface area contributed by atoms with Crippen LogP contribution in [0, 0.1) is 26.7 Å². The molecular formula is C32H42ClN3O6. The molecule has 9 nitrogen and oxygen atoms in total. The molecule has 2 rings (SSSR count). The highest BCUT2D eigenvalue weighted by atomic mass is 35.5. The molecule has 0 spiro atoms. The maximum Gasteiger partial charge on any atom is 0.511 e. The van der Waals surface area contributed by atoms with Crippen LogP contribution >= 0.6 is 11.6 Å². The van der Waals surface area contributed by atoms with E-state index in [1.165, 1.54) is 7.11 Å². The first-order valence-corrected chi connectivity index (χ1v) is 13.9. The third-order valence-electron chi connectivity index (χ3n) is 6.15. The molecule has 2 unspecified atom stereocenters. The number of aliphatic imine (C=N–C) groups is 2. The van der Waals surface area contributed by atoms with Gasteiger partial charge in [-0.1, -0.05) is 47.5 Å². The molecule has 0 aliphatic heterocycles. The molecule has 0 saturated carbocycles. The van der Waals surface area contributed by atoms with Crippen LogP contribution in [0.1, 0.15) is 55.9 Å². The van der Waals surface area contributed by atoms with Crippen molar-refractivity contribution in [2.75, 3.05) is 20.7 Å². The Hall–Kier alpha value is -3.98. The van der Waals surface area contributed by atoms with E-state index in [2.05, 4.69) is 26.8 Å². The SMILES string of the molecule is C/C=C(/Cl)C=NC.C=N/C(=C\C=C/C)C(=O)NCCC1CC(OC(C)OC(=O)OC)=C(c2c(C)cc(C)cc2C)C1=O. The highest BCUT2D eigenvalue weighted by Gasteiger charge is 2.37. The number of carbonyl (C=O) groups excluding carboxylic acids is 3. The van der Waals surface area contributed by atoms with E-state index in [0.717, 1.165) is 22.3 Å². The van der Waals surface area contributed by atoms with Gasteiger partial charge in [0, 0.05) is 39.1 Å².